The first kappa shape index (κ1) is 19.4. The molecule has 1 amide bonds. The van der Waals surface area contributed by atoms with Crippen molar-refractivity contribution in [1.82, 2.24) is 9.88 Å². The highest BCUT2D eigenvalue weighted by Crippen LogP contribution is 2.22. The third-order valence-corrected chi connectivity index (χ3v) is 4.78. The summed E-state index contributed by atoms with van der Waals surface area (Å²) >= 11 is 6.30. The van der Waals surface area contributed by atoms with E-state index in [1.807, 2.05) is 55.1 Å². The summed E-state index contributed by atoms with van der Waals surface area (Å²) in [4.78, 5) is 24.3. The average molecular weight is 386 g/mol. The molecule has 1 aliphatic rings. The van der Waals surface area contributed by atoms with Crippen LogP contribution in [0.1, 0.15) is 37.8 Å². The summed E-state index contributed by atoms with van der Waals surface area (Å²) in [6.07, 6.45) is 4.48. The van der Waals surface area contributed by atoms with Gasteiger partial charge in [0.05, 0.1) is 12.3 Å². The normalized spacial score (nSPS) is 16.1. The van der Waals surface area contributed by atoms with Crippen LogP contribution < -0.4 is 0 Å². The van der Waals surface area contributed by atoms with Crippen LogP contribution in [0.3, 0.4) is 0 Å². The van der Waals surface area contributed by atoms with Crippen molar-refractivity contribution in [3.8, 4) is 0 Å². The minimum atomic E-state index is -0.168. The van der Waals surface area contributed by atoms with Crippen molar-refractivity contribution < 1.29 is 9.63 Å². The maximum atomic E-state index is 12.8. The number of halogens is 1. The van der Waals surface area contributed by atoms with E-state index in [-0.39, 0.29) is 17.9 Å². The molecule has 0 saturated heterocycles. The lowest BCUT2D eigenvalue weighted by Crippen LogP contribution is -2.37. The van der Waals surface area contributed by atoms with Gasteiger partial charge in [0.1, 0.15) is 0 Å². The van der Waals surface area contributed by atoms with Gasteiger partial charge in [-0.3, -0.25) is 9.78 Å². The van der Waals surface area contributed by atoms with E-state index >= 15 is 0 Å². The Morgan fingerprint density at radius 2 is 2.11 bits per heavy atom. The molecule has 2 aromatic rings. The van der Waals surface area contributed by atoms with Gasteiger partial charge in [-0.05, 0) is 29.7 Å². The summed E-state index contributed by atoms with van der Waals surface area (Å²) in [5.74, 6) is 0.390. The van der Waals surface area contributed by atoms with Crippen LogP contribution in [0.5, 0.6) is 0 Å². The molecule has 1 atom stereocenters. The second kappa shape index (κ2) is 9.00. The Balaban J connectivity index is 1.68. The van der Waals surface area contributed by atoms with Crippen LogP contribution in [-0.4, -0.2) is 34.2 Å². The van der Waals surface area contributed by atoms with Crippen molar-refractivity contribution in [2.24, 2.45) is 11.1 Å². The Morgan fingerprint density at radius 1 is 1.30 bits per heavy atom. The van der Waals surface area contributed by atoms with Crippen LogP contribution in [0, 0.1) is 5.92 Å². The molecule has 1 aromatic carbocycles. The molecule has 0 bridgehead atoms. The van der Waals surface area contributed by atoms with Gasteiger partial charge >= 0.3 is 0 Å². The lowest BCUT2D eigenvalue weighted by Gasteiger charge is -2.26. The first-order valence-electron chi connectivity index (χ1n) is 9.17. The summed E-state index contributed by atoms with van der Waals surface area (Å²) in [5, 5.41) is 4.86. The molecule has 0 aliphatic carbocycles. The van der Waals surface area contributed by atoms with Crippen LogP contribution >= 0.6 is 11.6 Å². The standard InChI is InChI=1S/C21H24ClN3O2/c1-15(2)10-21(26)25(13-17-6-3-4-8-19(17)22)14-18-11-20(24-27-18)16-7-5-9-23-12-16/h3-9,12,15,18H,10-11,13-14H2,1-2H3. The number of oxime groups is 1. The quantitative estimate of drug-likeness (QED) is 0.713. The molecule has 0 saturated carbocycles. The second-order valence-electron chi connectivity index (χ2n) is 7.17. The molecule has 6 heteroatoms. The van der Waals surface area contributed by atoms with Crippen LogP contribution in [0.2, 0.25) is 5.02 Å². The zero-order valence-corrected chi connectivity index (χ0v) is 16.4. The molecule has 1 aliphatic heterocycles. The fourth-order valence-corrected chi connectivity index (χ4v) is 3.24. The van der Waals surface area contributed by atoms with Gasteiger partial charge in [-0.15, -0.1) is 0 Å². The first-order chi connectivity index (χ1) is 13.0. The minimum Gasteiger partial charge on any atom is -0.390 e. The van der Waals surface area contributed by atoms with Crippen molar-refractivity contribution in [3.05, 3.63) is 64.9 Å². The van der Waals surface area contributed by atoms with Gasteiger partial charge < -0.3 is 9.74 Å². The van der Waals surface area contributed by atoms with E-state index in [4.69, 9.17) is 16.4 Å². The third kappa shape index (κ3) is 5.30. The number of hydrogen-bond donors (Lipinski definition) is 0. The molecule has 3 rings (SSSR count). The summed E-state index contributed by atoms with van der Waals surface area (Å²) in [7, 11) is 0. The van der Waals surface area contributed by atoms with E-state index in [9.17, 15) is 4.79 Å². The molecule has 5 nitrogen and oxygen atoms in total. The Labute approximate surface area is 165 Å². The highest BCUT2D eigenvalue weighted by molar-refractivity contribution is 6.31. The van der Waals surface area contributed by atoms with Gasteiger partial charge in [-0.1, -0.05) is 48.8 Å². The minimum absolute atomic E-state index is 0.100. The molecule has 0 N–H and O–H groups in total. The maximum absolute atomic E-state index is 12.8. The summed E-state index contributed by atoms with van der Waals surface area (Å²) in [6.45, 7) is 5.03. The van der Waals surface area contributed by atoms with Crippen molar-refractivity contribution in [2.45, 2.75) is 39.3 Å². The first-order valence-corrected chi connectivity index (χ1v) is 9.55. The summed E-state index contributed by atoms with van der Waals surface area (Å²) in [6, 6.07) is 11.5. The number of pyridine rings is 1. The number of carbonyl (C=O) groups excluding carboxylic acids is 1. The smallest absolute Gasteiger partial charge is 0.223 e. The molecule has 0 spiro atoms. The lowest BCUT2D eigenvalue weighted by molar-refractivity contribution is -0.134. The number of carbonyl (C=O) groups is 1. The Morgan fingerprint density at radius 3 is 2.81 bits per heavy atom. The van der Waals surface area contributed by atoms with E-state index in [0.717, 1.165) is 16.8 Å². The molecule has 27 heavy (non-hydrogen) atoms. The molecule has 2 heterocycles. The summed E-state index contributed by atoms with van der Waals surface area (Å²) in [5.41, 5.74) is 2.75. The van der Waals surface area contributed by atoms with Crippen LogP contribution in [-0.2, 0) is 16.2 Å². The number of nitrogens with zero attached hydrogens (tertiary/aromatic N) is 3. The van der Waals surface area contributed by atoms with E-state index in [1.54, 1.807) is 12.4 Å². The highest BCUT2D eigenvalue weighted by atomic mass is 35.5. The van der Waals surface area contributed by atoms with Gasteiger partial charge in [0, 0.05) is 42.4 Å². The lowest BCUT2D eigenvalue weighted by atomic mass is 10.1. The van der Waals surface area contributed by atoms with Crippen molar-refractivity contribution >= 4 is 23.2 Å². The van der Waals surface area contributed by atoms with E-state index in [0.29, 0.717) is 31.0 Å². The van der Waals surface area contributed by atoms with Crippen molar-refractivity contribution in [1.29, 1.82) is 0 Å². The number of hydrogen-bond acceptors (Lipinski definition) is 4. The molecule has 1 aromatic heterocycles. The monoisotopic (exact) mass is 385 g/mol. The Kier molecular flexibility index (Phi) is 6.45. The third-order valence-electron chi connectivity index (χ3n) is 4.41. The Bertz CT molecular complexity index is 808. The van der Waals surface area contributed by atoms with Crippen LogP contribution in [0.4, 0.5) is 0 Å². The van der Waals surface area contributed by atoms with Crippen molar-refractivity contribution in [2.75, 3.05) is 6.54 Å². The predicted molar refractivity (Wildman–Crippen MR) is 107 cm³/mol. The zero-order valence-electron chi connectivity index (χ0n) is 15.6. The van der Waals surface area contributed by atoms with Gasteiger partial charge in [0.25, 0.3) is 0 Å². The molecule has 0 fully saturated rings. The zero-order chi connectivity index (χ0) is 19.2. The molecular formula is C21H24ClN3O2. The van der Waals surface area contributed by atoms with Gasteiger partial charge in [0.2, 0.25) is 5.91 Å². The van der Waals surface area contributed by atoms with E-state index in [1.165, 1.54) is 0 Å². The van der Waals surface area contributed by atoms with Crippen molar-refractivity contribution in [3.63, 3.8) is 0 Å². The van der Waals surface area contributed by atoms with Gasteiger partial charge in [-0.25, -0.2) is 0 Å². The van der Waals surface area contributed by atoms with E-state index < -0.39 is 0 Å². The average Bonchev–Trinajstić information content (AvgIpc) is 3.12. The van der Waals surface area contributed by atoms with Gasteiger partial charge in [0.15, 0.2) is 6.10 Å². The molecule has 1 unspecified atom stereocenters. The SMILES string of the molecule is CC(C)CC(=O)N(Cc1ccccc1Cl)CC1CC(c2cccnc2)=NO1. The van der Waals surface area contributed by atoms with E-state index in [2.05, 4.69) is 10.1 Å². The molecule has 0 radical (unpaired) electrons. The molecule has 142 valence electrons. The van der Waals surface area contributed by atoms with Crippen LogP contribution in [0.25, 0.3) is 0 Å². The largest absolute Gasteiger partial charge is 0.390 e. The summed E-state index contributed by atoms with van der Waals surface area (Å²) < 4.78 is 0. The fraction of sp³-hybridized carbons (Fsp3) is 0.381. The number of benzene rings is 1. The molecular weight excluding hydrogens is 362 g/mol. The Hall–Kier alpha value is -2.40. The number of rotatable bonds is 7. The second-order valence-corrected chi connectivity index (χ2v) is 7.58. The predicted octanol–water partition coefficient (Wildman–Crippen LogP) is 4.30. The highest BCUT2D eigenvalue weighted by Gasteiger charge is 2.27. The fourth-order valence-electron chi connectivity index (χ4n) is 3.04. The maximum Gasteiger partial charge on any atom is 0.223 e. The number of aromatic nitrogens is 1. The van der Waals surface area contributed by atoms with Gasteiger partial charge in [-0.2, -0.15) is 0 Å². The number of amides is 1. The topological polar surface area (TPSA) is 54.8 Å². The van der Waals surface area contributed by atoms with Crippen LogP contribution in [0.15, 0.2) is 53.9 Å².